The molecule has 0 atom stereocenters. The molecule has 0 aliphatic carbocycles. The minimum absolute atomic E-state index is 0.0145. The summed E-state index contributed by atoms with van der Waals surface area (Å²) in [6.45, 7) is 15.4. The number of amides is 1. The van der Waals surface area contributed by atoms with Crippen LogP contribution in [0, 0.1) is 0 Å². The highest BCUT2D eigenvalue weighted by atomic mass is 16.6. The van der Waals surface area contributed by atoms with Gasteiger partial charge in [0.2, 0.25) is 0 Å². The lowest BCUT2D eigenvalue weighted by Crippen LogP contribution is -2.41. The van der Waals surface area contributed by atoms with Crippen LogP contribution in [0.25, 0.3) is 0 Å². The first-order chi connectivity index (χ1) is 10.9. The van der Waals surface area contributed by atoms with Crippen LogP contribution in [0.15, 0.2) is 24.3 Å². The largest absolute Gasteiger partial charge is 0.460 e. The average molecular weight is 341 g/mol. The van der Waals surface area contributed by atoms with Crippen molar-refractivity contribution >= 4 is 18.0 Å². The van der Waals surface area contributed by atoms with Crippen LogP contribution in [0.5, 0.6) is 0 Å². The van der Waals surface area contributed by atoms with E-state index in [-0.39, 0.29) is 37.4 Å². The summed E-state index contributed by atoms with van der Waals surface area (Å²) in [5.74, 6) is -1.07. The fourth-order valence-electron chi connectivity index (χ4n) is 1.36. The monoisotopic (exact) mass is 341 g/mol. The molecule has 0 aliphatic rings. The van der Waals surface area contributed by atoms with Crippen LogP contribution in [-0.4, -0.2) is 54.8 Å². The fraction of sp³-hybridized carbons (Fsp3) is 0.588. The summed E-state index contributed by atoms with van der Waals surface area (Å²) in [4.78, 5) is 36.2. The molecule has 0 heterocycles. The van der Waals surface area contributed by atoms with Crippen LogP contribution < -0.4 is 0 Å². The van der Waals surface area contributed by atoms with Crippen molar-refractivity contribution in [2.24, 2.45) is 0 Å². The van der Waals surface area contributed by atoms with Gasteiger partial charge in [-0.1, -0.05) is 13.2 Å². The Morgan fingerprint density at radius 3 is 1.54 bits per heavy atom. The van der Waals surface area contributed by atoms with E-state index in [1.807, 2.05) is 0 Å². The van der Waals surface area contributed by atoms with Crippen LogP contribution in [-0.2, 0) is 23.8 Å². The van der Waals surface area contributed by atoms with E-state index in [4.69, 9.17) is 14.2 Å². The maximum atomic E-state index is 12.2. The third kappa shape index (κ3) is 9.66. The molecule has 0 bridgehead atoms. The quantitative estimate of drug-likeness (QED) is 0.383. The zero-order valence-electron chi connectivity index (χ0n) is 15.1. The SMILES string of the molecule is C=C(C)C(=O)OCCN(CCOC(=O)C(=C)C)C(=O)OC(C)(C)C. The van der Waals surface area contributed by atoms with Crippen LogP contribution in [0.1, 0.15) is 34.6 Å². The molecule has 0 aromatic heterocycles. The average Bonchev–Trinajstić information content (AvgIpc) is 2.42. The molecule has 0 radical (unpaired) electrons. The molecule has 0 aromatic rings. The van der Waals surface area contributed by atoms with Crippen molar-refractivity contribution < 1.29 is 28.6 Å². The van der Waals surface area contributed by atoms with Gasteiger partial charge in [0.25, 0.3) is 0 Å². The lowest BCUT2D eigenvalue weighted by atomic mass is 10.2. The minimum atomic E-state index is -0.669. The van der Waals surface area contributed by atoms with E-state index in [2.05, 4.69) is 13.2 Å². The Bertz CT molecular complexity index is 472. The second-order valence-corrected chi connectivity index (χ2v) is 6.30. The molecular formula is C17H27NO6. The normalized spacial score (nSPS) is 10.5. The van der Waals surface area contributed by atoms with Crippen molar-refractivity contribution in [3.63, 3.8) is 0 Å². The summed E-state index contributed by atoms with van der Waals surface area (Å²) in [5, 5.41) is 0. The van der Waals surface area contributed by atoms with E-state index in [1.54, 1.807) is 20.8 Å². The molecule has 0 fully saturated rings. The van der Waals surface area contributed by atoms with E-state index in [1.165, 1.54) is 18.7 Å². The zero-order chi connectivity index (χ0) is 18.9. The molecule has 0 aliphatic heterocycles. The van der Waals surface area contributed by atoms with Crippen LogP contribution in [0.3, 0.4) is 0 Å². The summed E-state index contributed by atoms with van der Waals surface area (Å²) >= 11 is 0. The van der Waals surface area contributed by atoms with Gasteiger partial charge >= 0.3 is 18.0 Å². The van der Waals surface area contributed by atoms with E-state index in [0.29, 0.717) is 0 Å². The summed E-state index contributed by atoms with van der Waals surface area (Å²) in [6, 6.07) is 0. The summed E-state index contributed by atoms with van der Waals surface area (Å²) in [5.41, 5.74) is -0.124. The van der Waals surface area contributed by atoms with Crippen molar-refractivity contribution in [2.45, 2.75) is 40.2 Å². The van der Waals surface area contributed by atoms with Crippen LogP contribution in [0.4, 0.5) is 4.79 Å². The summed E-state index contributed by atoms with van der Waals surface area (Å²) in [7, 11) is 0. The Morgan fingerprint density at radius 2 is 1.25 bits per heavy atom. The molecule has 0 N–H and O–H groups in total. The maximum Gasteiger partial charge on any atom is 0.410 e. The predicted octanol–water partition coefficient (Wildman–Crippen LogP) is 2.46. The molecule has 7 heteroatoms. The molecule has 0 unspecified atom stereocenters. The smallest absolute Gasteiger partial charge is 0.410 e. The topological polar surface area (TPSA) is 82.1 Å². The lowest BCUT2D eigenvalue weighted by molar-refractivity contribution is -0.139. The molecule has 136 valence electrons. The van der Waals surface area contributed by atoms with Crippen molar-refractivity contribution in [3.05, 3.63) is 24.3 Å². The lowest BCUT2D eigenvalue weighted by Gasteiger charge is -2.27. The highest BCUT2D eigenvalue weighted by molar-refractivity contribution is 5.87. The van der Waals surface area contributed by atoms with Crippen LogP contribution >= 0.6 is 0 Å². The molecule has 0 saturated carbocycles. The first-order valence-electron chi connectivity index (χ1n) is 7.57. The Kier molecular flexibility index (Phi) is 8.81. The number of ether oxygens (including phenoxy) is 3. The second-order valence-electron chi connectivity index (χ2n) is 6.30. The summed E-state index contributed by atoms with van der Waals surface area (Å²) < 4.78 is 15.2. The van der Waals surface area contributed by atoms with Gasteiger partial charge in [-0.2, -0.15) is 0 Å². The minimum Gasteiger partial charge on any atom is -0.460 e. The third-order valence-electron chi connectivity index (χ3n) is 2.54. The molecule has 0 rings (SSSR count). The van der Waals surface area contributed by atoms with Gasteiger partial charge in [-0.25, -0.2) is 14.4 Å². The molecule has 0 aromatic carbocycles. The van der Waals surface area contributed by atoms with Crippen molar-refractivity contribution in [1.29, 1.82) is 0 Å². The zero-order valence-corrected chi connectivity index (χ0v) is 15.1. The number of rotatable bonds is 8. The fourth-order valence-corrected chi connectivity index (χ4v) is 1.36. The predicted molar refractivity (Wildman–Crippen MR) is 89.4 cm³/mol. The Labute approximate surface area is 143 Å². The number of hydrogen-bond donors (Lipinski definition) is 0. The van der Waals surface area contributed by atoms with Gasteiger partial charge in [-0.3, -0.25) is 0 Å². The van der Waals surface area contributed by atoms with Crippen molar-refractivity contribution in [3.8, 4) is 0 Å². The Balaban J connectivity index is 4.62. The number of esters is 2. The van der Waals surface area contributed by atoms with Gasteiger partial charge in [-0.15, -0.1) is 0 Å². The van der Waals surface area contributed by atoms with E-state index in [9.17, 15) is 14.4 Å². The van der Waals surface area contributed by atoms with Gasteiger partial charge in [0.15, 0.2) is 0 Å². The van der Waals surface area contributed by atoms with Gasteiger partial charge < -0.3 is 19.1 Å². The first-order valence-corrected chi connectivity index (χ1v) is 7.57. The van der Waals surface area contributed by atoms with Crippen molar-refractivity contribution in [2.75, 3.05) is 26.3 Å². The number of carbonyl (C=O) groups excluding carboxylic acids is 3. The summed E-state index contributed by atoms with van der Waals surface area (Å²) in [6.07, 6.45) is -0.583. The molecular weight excluding hydrogens is 314 g/mol. The van der Waals surface area contributed by atoms with Crippen LogP contribution in [0.2, 0.25) is 0 Å². The number of hydrogen-bond acceptors (Lipinski definition) is 6. The highest BCUT2D eigenvalue weighted by Gasteiger charge is 2.22. The molecule has 1 amide bonds. The van der Waals surface area contributed by atoms with E-state index < -0.39 is 23.6 Å². The van der Waals surface area contributed by atoms with Gasteiger partial charge in [0.05, 0.1) is 13.1 Å². The molecule has 24 heavy (non-hydrogen) atoms. The second kappa shape index (κ2) is 9.75. The van der Waals surface area contributed by atoms with E-state index in [0.717, 1.165) is 0 Å². The molecule has 0 spiro atoms. The Hall–Kier alpha value is -2.31. The Morgan fingerprint density at radius 1 is 0.875 bits per heavy atom. The number of carbonyl (C=O) groups is 3. The standard InChI is InChI=1S/C17H27NO6/c1-12(2)14(19)22-10-8-18(16(21)24-17(5,6)7)9-11-23-15(20)13(3)4/h1,3,8-11H2,2,4-7H3. The first kappa shape index (κ1) is 21.7. The number of nitrogens with zero attached hydrogens (tertiary/aromatic N) is 1. The van der Waals surface area contributed by atoms with E-state index >= 15 is 0 Å². The molecule has 7 nitrogen and oxygen atoms in total. The van der Waals surface area contributed by atoms with Crippen molar-refractivity contribution in [1.82, 2.24) is 4.90 Å². The van der Waals surface area contributed by atoms with Gasteiger partial charge in [-0.05, 0) is 34.6 Å². The molecule has 0 saturated heterocycles. The van der Waals surface area contributed by atoms with Gasteiger partial charge in [0.1, 0.15) is 18.8 Å². The van der Waals surface area contributed by atoms with Gasteiger partial charge in [0, 0.05) is 11.1 Å². The maximum absolute atomic E-state index is 12.2. The third-order valence-corrected chi connectivity index (χ3v) is 2.54. The highest BCUT2D eigenvalue weighted by Crippen LogP contribution is 2.10.